The van der Waals surface area contributed by atoms with Crippen LogP contribution in [0.15, 0.2) is 0 Å². The van der Waals surface area contributed by atoms with Gasteiger partial charge in [0.05, 0.1) is 0 Å². The van der Waals surface area contributed by atoms with Crippen LogP contribution in [0.3, 0.4) is 0 Å². The molecule has 0 radical (unpaired) electrons. The molecule has 2 atom stereocenters. The Morgan fingerprint density at radius 1 is 1.31 bits per heavy atom. The molecule has 0 aromatic rings. The van der Waals surface area contributed by atoms with Gasteiger partial charge in [-0.05, 0) is 43.1 Å². The molecule has 2 aliphatic carbocycles. The van der Waals surface area contributed by atoms with Gasteiger partial charge >= 0.3 is 0 Å². The normalized spacial score (nSPS) is 32.4. The summed E-state index contributed by atoms with van der Waals surface area (Å²) in [4.78, 5) is 14.1. The molecule has 16 heavy (non-hydrogen) atoms. The first-order valence-corrected chi connectivity index (χ1v) is 6.38. The summed E-state index contributed by atoms with van der Waals surface area (Å²) in [6.07, 6.45) is 3.65. The van der Waals surface area contributed by atoms with Crippen LogP contribution in [0, 0.1) is 23.2 Å². The minimum absolute atomic E-state index is 0.0337. The van der Waals surface area contributed by atoms with E-state index in [4.69, 9.17) is 5.73 Å². The summed E-state index contributed by atoms with van der Waals surface area (Å²) in [5.74, 6) is 2.41. The predicted octanol–water partition coefficient (Wildman–Crippen LogP) is 1.48. The number of fused-ring (bicyclic) bond motifs is 1. The predicted molar refractivity (Wildman–Crippen MR) is 64.8 cm³/mol. The van der Waals surface area contributed by atoms with Crippen LogP contribution in [0.5, 0.6) is 0 Å². The van der Waals surface area contributed by atoms with E-state index in [2.05, 4.69) is 13.8 Å². The van der Waals surface area contributed by atoms with Crippen molar-refractivity contribution in [2.24, 2.45) is 28.9 Å². The lowest BCUT2D eigenvalue weighted by atomic mass is 9.92. The van der Waals surface area contributed by atoms with Crippen LogP contribution in [-0.4, -0.2) is 30.9 Å². The average molecular weight is 224 g/mol. The van der Waals surface area contributed by atoms with Crippen molar-refractivity contribution < 1.29 is 4.79 Å². The van der Waals surface area contributed by atoms with Gasteiger partial charge in [-0.1, -0.05) is 13.8 Å². The smallest absolute Gasteiger partial charge is 0.225 e. The quantitative estimate of drug-likeness (QED) is 0.786. The van der Waals surface area contributed by atoms with Crippen LogP contribution in [0.4, 0.5) is 0 Å². The summed E-state index contributed by atoms with van der Waals surface area (Å²) >= 11 is 0. The standard InChI is InChI=1S/C13H24N2O/c1-13(2,7-14)8-15(3)12(16)11-5-9-4-10(9)6-11/h9-11H,4-8,14H2,1-3H3. The Hall–Kier alpha value is -0.570. The molecular formula is C13H24N2O. The van der Waals surface area contributed by atoms with Gasteiger partial charge in [-0.3, -0.25) is 4.79 Å². The molecule has 2 fully saturated rings. The fourth-order valence-corrected chi connectivity index (χ4v) is 3.01. The van der Waals surface area contributed by atoms with Gasteiger partial charge in [-0.25, -0.2) is 0 Å². The number of amides is 1. The summed E-state index contributed by atoms with van der Waals surface area (Å²) in [7, 11) is 1.92. The number of nitrogens with two attached hydrogens (primary N) is 1. The molecule has 0 saturated heterocycles. The van der Waals surface area contributed by atoms with Gasteiger partial charge in [0.2, 0.25) is 5.91 Å². The molecule has 2 unspecified atom stereocenters. The Balaban J connectivity index is 1.84. The fraction of sp³-hybridized carbons (Fsp3) is 0.923. The number of hydrogen-bond acceptors (Lipinski definition) is 2. The van der Waals surface area contributed by atoms with E-state index in [-0.39, 0.29) is 5.41 Å². The van der Waals surface area contributed by atoms with Gasteiger partial charge in [0, 0.05) is 19.5 Å². The maximum atomic E-state index is 12.2. The van der Waals surface area contributed by atoms with Crippen molar-refractivity contribution in [2.75, 3.05) is 20.1 Å². The third-order valence-electron chi connectivity index (χ3n) is 4.19. The Bertz CT molecular complexity index is 278. The van der Waals surface area contributed by atoms with Crippen LogP contribution < -0.4 is 5.73 Å². The highest BCUT2D eigenvalue weighted by Crippen LogP contribution is 2.54. The van der Waals surface area contributed by atoms with Crippen LogP contribution >= 0.6 is 0 Å². The minimum Gasteiger partial charge on any atom is -0.345 e. The molecule has 3 heteroatoms. The summed E-state index contributed by atoms with van der Waals surface area (Å²) < 4.78 is 0. The molecule has 0 aliphatic heterocycles. The molecule has 0 aromatic carbocycles. The highest BCUT2D eigenvalue weighted by molar-refractivity contribution is 5.79. The lowest BCUT2D eigenvalue weighted by molar-refractivity contribution is -0.135. The Kier molecular flexibility index (Phi) is 2.99. The summed E-state index contributed by atoms with van der Waals surface area (Å²) in [5, 5.41) is 0. The highest BCUT2D eigenvalue weighted by atomic mass is 16.2. The molecule has 3 nitrogen and oxygen atoms in total. The zero-order valence-corrected chi connectivity index (χ0v) is 10.7. The number of hydrogen-bond donors (Lipinski definition) is 1. The van der Waals surface area contributed by atoms with E-state index in [1.54, 1.807) is 0 Å². The molecule has 0 heterocycles. The molecule has 0 spiro atoms. The van der Waals surface area contributed by atoms with Gasteiger partial charge < -0.3 is 10.6 Å². The third-order valence-corrected chi connectivity index (χ3v) is 4.19. The monoisotopic (exact) mass is 224 g/mol. The van der Waals surface area contributed by atoms with Crippen molar-refractivity contribution in [3.8, 4) is 0 Å². The topological polar surface area (TPSA) is 46.3 Å². The maximum absolute atomic E-state index is 12.2. The van der Waals surface area contributed by atoms with E-state index in [0.29, 0.717) is 18.4 Å². The average Bonchev–Trinajstić information content (AvgIpc) is 2.84. The summed E-state index contributed by atoms with van der Waals surface area (Å²) in [6, 6.07) is 0. The van der Waals surface area contributed by atoms with Crippen molar-refractivity contribution in [3.63, 3.8) is 0 Å². The highest BCUT2D eigenvalue weighted by Gasteiger charge is 2.48. The van der Waals surface area contributed by atoms with E-state index in [0.717, 1.165) is 31.2 Å². The third kappa shape index (κ3) is 2.40. The van der Waals surface area contributed by atoms with Crippen molar-refractivity contribution >= 4 is 5.91 Å². The van der Waals surface area contributed by atoms with Crippen molar-refractivity contribution in [3.05, 3.63) is 0 Å². The van der Waals surface area contributed by atoms with Crippen LogP contribution in [0.2, 0.25) is 0 Å². The zero-order valence-electron chi connectivity index (χ0n) is 10.7. The van der Waals surface area contributed by atoms with E-state index >= 15 is 0 Å². The first kappa shape index (κ1) is 11.9. The first-order chi connectivity index (χ1) is 7.43. The Labute approximate surface area is 98.4 Å². The van der Waals surface area contributed by atoms with Gasteiger partial charge in [0.15, 0.2) is 0 Å². The molecule has 92 valence electrons. The summed E-state index contributed by atoms with van der Waals surface area (Å²) in [6.45, 7) is 5.63. The van der Waals surface area contributed by atoms with Crippen LogP contribution in [0.1, 0.15) is 33.1 Å². The van der Waals surface area contributed by atoms with E-state index < -0.39 is 0 Å². The second kappa shape index (κ2) is 4.02. The minimum atomic E-state index is 0.0337. The molecule has 2 rings (SSSR count). The maximum Gasteiger partial charge on any atom is 0.225 e. The lowest BCUT2D eigenvalue weighted by Crippen LogP contribution is -2.42. The SMILES string of the molecule is CN(CC(C)(C)CN)C(=O)C1CC2CC2C1. The van der Waals surface area contributed by atoms with Crippen molar-refractivity contribution in [1.82, 2.24) is 4.90 Å². The molecule has 0 bridgehead atoms. The fourth-order valence-electron chi connectivity index (χ4n) is 3.01. The Morgan fingerprint density at radius 2 is 1.88 bits per heavy atom. The molecular weight excluding hydrogens is 200 g/mol. The van der Waals surface area contributed by atoms with Gasteiger partial charge in [0.1, 0.15) is 0 Å². The van der Waals surface area contributed by atoms with Gasteiger partial charge in [0.25, 0.3) is 0 Å². The first-order valence-electron chi connectivity index (χ1n) is 6.38. The van der Waals surface area contributed by atoms with E-state index in [1.165, 1.54) is 6.42 Å². The molecule has 2 aliphatic rings. The Morgan fingerprint density at radius 3 is 2.38 bits per heavy atom. The van der Waals surface area contributed by atoms with E-state index in [9.17, 15) is 4.79 Å². The van der Waals surface area contributed by atoms with Crippen LogP contribution in [-0.2, 0) is 4.79 Å². The lowest BCUT2D eigenvalue weighted by Gasteiger charge is -2.30. The van der Waals surface area contributed by atoms with Gasteiger partial charge in [-0.15, -0.1) is 0 Å². The molecule has 1 amide bonds. The van der Waals surface area contributed by atoms with Crippen molar-refractivity contribution in [1.29, 1.82) is 0 Å². The number of nitrogens with zero attached hydrogens (tertiary/aromatic N) is 1. The largest absolute Gasteiger partial charge is 0.345 e. The number of rotatable bonds is 4. The molecule has 0 aromatic heterocycles. The summed E-state index contributed by atoms with van der Waals surface area (Å²) in [5.41, 5.74) is 5.73. The van der Waals surface area contributed by atoms with Crippen LogP contribution in [0.25, 0.3) is 0 Å². The van der Waals surface area contributed by atoms with Gasteiger partial charge in [-0.2, -0.15) is 0 Å². The second-order valence-corrected chi connectivity index (χ2v) is 6.49. The van der Waals surface area contributed by atoms with E-state index in [1.807, 2.05) is 11.9 Å². The number of carbonyl (C=O) groups is 1. The molecule has 2 saturated carbocycles. The second-order valence-electron chi connectivity index (χ2n) is 6.49. The number of carbonyl (C=O) groups excluding carboxylic acids is 1. The molecule has 2 N–H and O–H groups in total. The zero-order chi connectivity index (χ0) is 11.9. The van der Waals surface area contributed by atoms with Crippen molar-refractivity contribution in [2.45, 2.75) is 33.1 Å².